The van der Waals surface area contributed by atoms with E-state index in [9.17, 15) is 30.7 Å². The molecule has 5 rings (SSSR count). The van der Waals surface area contributed by atoms with E-state index in [1.165, 1.54) is 6.07 Å². The summed E-state index contributed by atoms with van der Waals surface area (Å²) >= 11 is 0. The van der Waals surface area contributed by atoms with Crippen LogP contribution in [0.1, 0.15) is 37.2 Å². The zero-order valence-electron chi connectivity index (χ0n) is 24.0. The van der Waals surface area contributed by atoms with E-state index in [0.29, 0.717) is 30.3 Å². The van der Waals surface area contributed by atoms with Crippen molar-refractivity contribution in [3.63, 3.8) is 0 Å². The Labute approximate surface area is 257 Å². The molecule has 4 aromatic carbocycles. The fraction of sp³-hybridized carbons (Fsp3) is 0.235. The van der Waals surface area contributed by atoms with Gasteiger partial charge in [0.15, 0.2) is 23.7 Å². The molecule has 0 unspecified atom stereocenters. The lowest BCUT2D eigenvalue weighted by molar-refractivity contribution is -0.206. The quantitative estimate of drug-likeness (QED) is 0.102. The monoisotopic (exact) mass is 652 g/mol. The first-order valence-electron chi connectivity index (χ1n) is 14.0. The molecule has 0 aliphatic carbocycles. The summed E-state index contributed by atoms with van der Waals surface area (Å²) < 4.78 is 146. The Kier molecular flexibility index (Phi) is 9.78. The molecule has 1 saturated heterocycles. The predicted octanol–water partition coefficient (Wildman–Crippen LogP) is 10.1. The number of allylic oxidation sites excluding steroid dienone is 2. The molecule has 0 amide bonds. The minimum absolute atomic E-state index is 0.0580. The highest BCUT2D eigenvalue weighted by molar-refractivity contribution is 5.72. The zero-order valence-corrected chi connectivity index (χ0v) is 24.0. The highest BCUT2D eigenvalue weighted by Gasteiger charge is 2.42. The predicted molar refractivity (Wildman–Crippen MR) is 150 cm³/mol. The van der Waals surface area contributed by atoms with Gasteiger partial charge in [-0.3, -0.25) is 0 Å². The van der Waals surface area contributed by atoms with E-state index < -0.39 is 64.4 Å². The van der Waals surface area contributed by atoms with E-state index in [0.717, 1.165) is 37.1 Å². The van der Waals surface area contributed by atoms with Crippen LogP contribution in [-0.4, -0.2) is 13.2 Å². The van der Waals surface area contributed by atoms with Gasteiger partial charge in [-0.2, -0.15) is 8.78 Å². The van der Waals surface area contributed by atoms with Crippen molar-refractivity contribution >= 4 is 0 Å². The van der Waals surface area contributed by atoms with Crippen molar-refractivity contribution in [2.24, 2.45) is 5.92 Å². The van der Waals surface area contributed by atoms with E-state index >= 15 is 8.78 Å². The molecule has 1 heterocycles. The Hall–Kier alpha value is -4.29. The first kappa shape index (κ1) is 33.1. The molecule has 242 valence electrons. The smallest absolute Gasteiger partial charge is 0.429 e. The van der Waals surface area contributed by atoms with Crippen LogP contribution in [0.4, 0.5) is 39.5 Å². The third-order valence-corrected chi connectivity index (χ3v) is 7.33. The Balaban J connectivity index is 1.31. The fourth-order valence-corrected chi connectivity index (χ4v) is 5.03. The summed E-state index contributed by atoms with van der Waals surface area (Å²) in [5.74, 6) is -11.0. The van der Waals surface area contributed by atoms with Crippen molar-refractivity contribution in [2.75, 3.05) is 13.2 Å². The largest absolute Gasteiger partial charge is 0.432 e. The Morgan fingerprint density at radius 3 is 1.87 bits per heavy atom. The molecule has 1 fully saturated rings. The molecule has 0 atom stereocenters. The molecule has 1 aliphatic heterocycles. The number of alkyl halides is 2. The summed E-state index contributed by atoms with van der Waals surface area (Å²) in [4.78, 5) is 0. The van der Waals surface area contributed by atoms with Gasteiger partial charge in [-0.1, -0.05) is 24.3 Å². The number of benzene rings is 4. The molecule has 0 N–H and O–H groups in total. The number of hydrogen-bond donors (Lipinski definition) is 0. The summed E-state index contributed by atoms with van der Waals surface area (Å²) in [6.45, 7) is 2.39. The van der Waals surface area contributed by atoms with Crippen LogP contribution in [0, 0.1) is 46.6 Å². The van der Waals surface area contributed by atoms with Crippen LogP contribution in [0.5, 0.6) is 5.75 Å². The normalized spacial score (nSPS) is 17.1. The molecular weight excluding hydrogens is 627 g/mol. The molecule has 3 nitrogen and oxygen atoms in total. The van der Waals surface area contributed by atoms with E-state index in [1.54, 1.807) is 0 Å². The zero-order chi connectivity index (χ0) is 33.2. The SMILES string of the molecule is C/C=C/CCC1COC(c2cc(F)c(C(F)(F)Oc3ccc(-c4ccc(-c5cc(F)c(F)c(F)c5)c(F)c4)c(F)c3)c(F)c2)OC1. The van der Waals surface area contributed by atoms with E-state index in [4.69, 9.17) is 9.47 Å². The van der Waals surface area contributed by atoms with Crippen molar-refractivity contribution in [1.29, 1.82) is 0 Å². The lowest BCUT2D eigenvalue weighted by atomic mass is 9.99. The van der Waals surface area contributed by atoms with Gasteiger partial charge in [0.25, 0.3) is 0 Å². The van der Waals surface area contributed by atoms with Crippen molar-refractivity contribution < 1.29 is 53.7 Å². The highest BCUT2D eigenvalue weighted by Crippen LogP contribution is 2.39. The van der Waals surface area contributed by atoms with Gasteiger partial charge in [0.05, 0.1) is 13.2 Å². The van der Waals surface area contributed by atoms with Crippen LogP contribution < -0.4 is 4.74 Å². The summed E-state index contributed by atoms with van der Waals surface area (Å²) in [5.41, 5.74) is -2.87. The number of hydrogen-bond acceptors (Lipinski definition) is 3. The second kappa shape index (κ2) is 13.6. The van der Waals surface area contributed by atoms with Gasteiger partial charge in [-0.05, 0) is 73.4 Å². The van der Waals surface area contributed by atoms with Gasteiger partial charge in [-0.15, -0.1) is 0 Å². The lowest BCUT2D eigenvalue weighted by Gasteiger charge is -2.30. The summed E-state index contributed by atoms with van der Waals surface area (Å²) in [7, 11) is 0. The minimum Gasteiger partial charge on any atom is -0.429 e. The Morgan fingerprint density at radius 2 is 1.28 bits per heavy atom. The van der Waals surface area contributed by atoms with Crippen LogP contribution in [0.25, 0.3) is 22.3 Å². The van der Waals surface area contributed by atoms with Crippen molar-refractivity contribution in [2.45, 2.75) is 32.2 Å². The van der Waals surface area contributed by atoms with Crippen molar-refractivity contribution in [3.8, 4) is 28.0 Å². The second-order valence-corrected chi connectivity index (χ2v) is 10.6. The number of ether oxygens (including phenoxy) is 3. The minimum atomic E-state index is -4.58. The molecule has 0 saturated carbocycles. The molecule has 0 spiro atoms. The first-order valence-corrected chi connectivity index (χ1v) is 14.0. The van der Waals surface area contributed by atoms with Crippen LogP contribution >= 0.6 is 0 Å². The van der Waals surface area contributed by atoms with E-state index in [2.05, 4.69) is 4.74 Å². The maximum Gasteiger partial charge on any atom is 0.432 e. The molecule has 1 aliphatic rings. The third-order valence-electron chi connectivity index (χ3n) is 7.33. The number of rotatable bonds is 9. The molecule has 0 radical (unpaired) electrons. The molecule has 12 heteroatoms. The van der Waals surface area contributed by atoms with Crippen molar-refractivity contribution in [3.05, 3.63) is 125 Å². The maximum atomic E-state index is 15.0. The lowest BCUT2D eigenvalue weighted by Crippen LogP contribution is -2.28. The summed E-state index contributed by atoms with van der Waals surface area (Å²) in [5, 5.41) is 0. The van der Waals surface area contributed by atoms with Crippen molar-refractivity contribution in [1.82, 2.24) is 0 Å². The maximum absolute atomic E-state index is 15.0. The molecule has 0 aromatic heterocycles. The van der Waals surface area contributed by atoms with Gasteiger partial charge in [0.2, 0.25) is 0 Å². The molecular formula is C34H25F9O3. The van der Waals surface area contributed by atoms with Gasteiger partial charge in [-0.25, -0.2) is 30.7 Å². The Bertz CT molecular complexity index is 1720. The third kappa shape index (κ3) is 7.07. The molecule has 0 bridgehead atoms. The van der Waals surface area contributed by atoms with Gasteiger partial charge < -0.3 is 14.2 Å². The van der Waals surface area contributed by atoms with E-state index in [1.807, 2.05) is 19.1 Å². The average molecular weight is 653 g/mol. The molecule has 46 heavy (non-hydrogen) atoms. The van der Waals surface area contributed by atoms with Crippen LogP contribution in [0.2, 0.25) is 0 Å². The average Bonchev–Trinajstić information content (AvgIpc) is 2.99. The highest BCUT2D eigenvalue weighted by atomic mass is 19.3. The topological polar surface area (TPSA) is 27.7 Å². The van der Waals surface area contributed by atoms with Crippen LogP contribution in [-0.2, 0) is 15.6 Å². The standard InChI is InChI=1S/C34H25F9O3/c1-2-3-4-5-18-16-44-33(45-17-18)21-13-27(37)31(28(38)14-21)34(42,43)46-22-7-9-23(26(36)15-22)19-6-8-24(25(35)10-19)20-11-29(39)32(41)30(40)12-20/h2-3,6-15,18,33H,4-5,16-17H2,1H3/b3-2+. The van der Waals surface area contributed by atoms with Crippen LogP contribution in [0.3, 0.4) is 0 Å². The number of halogens is 9. The van der Waals surface area contributed by atoms with E-state index in [-0.39, 0.29) is 46.9 Å². The summed E-state index contributed by atoms with van der Waals surface area (Å²) in [6.07, 6.45) is -0.286. The van der Waals surface area contributed by atoms with Gasteiger partial charge in [0, 0.05) is 28.7 Å². The van der Waals surface area contributed by atoms with Gasteiger partial charge in [0.1, 0.15) is 34.6 Å². The second-order valence-electron chi connectivity index (χ2n) is 10.6. The first-order chi connectivity index (χ1) is 21.9. The Morgan fingerprint density at radius 1 is 0.717 bits per heavy atom. The molecule has 4 aromatic rings. The summed E-state index contributed by atoms with van der Waals surface area (Å²) in [6, 6.07) is 7.89. The fourth-order valence-electron chi connectivity index (χ4n) is 5.03. The van der Waals surface area contributed by atoms with Gasteiger partial charge >= 0.3 is 6.11 Å². The van der Waals surface area contributed by atoms with Crippen LogP contribution in [0.15, 0.2) is 72.8 Å².